The second kappa shape index (κ2) is 5.26. The van der Waals surface area contributed by atoms with Crippen LogP contribution in [-0.4, -0.2) is 14.2 Å². The first-order valence-corrected chi connectivity index (χ1v) is 8.13. The molecule has 0 saturated carbocycles. The summed E-state index contributed by atoms with van der Waals surface area (Å²) in [5.41, 5.74) is 1.09. The highest BCUT2D eigenvalue weighted by atomic mass is 16.5. The Balaban J connectivity index is 1.99. The van der Waals surface area contributed by atoms with Crippen LogP contribution in [0.2, 0.25) is 0 Å². The Labute approximate surface area is 147 Å². The largest absolute Gasteiger partial charge is 0.493 e. The minimum absolute atomic E-state index is 0.392. The Kier molecular flexibility index (Phi) is 3.00. The summed E-state index contributed by atoms with van der Waals surface area (Å²) >= 11 is 0. The monoisotopic (exact) mass is 346 g/mol. The van der Waals surface area contributed by atoms with Gasteiger partial charge in [0.25, 0.3) is 0 Å². The van der Waals surface area contributed by atoms with Gasteiger partial charge in [-0.1, -0.05) is 24.3 Å². The predicted octanol–water partition coefficient (Wildman–Crippen LogP) is 4.86. The van der Waals surface area contributed by atoms with Crippen LogP contribution in [0.5, 0.6) is 11.5 Å². The van der Waals surface area contributed by atoms with Gasteiger partial charge in [0, 0.05) is 11.5 Å². The lowest BCUT2D eigenvalue weighted by Crippen LogP contribution is -1.99. The molecule has 128 valence electrons. The van der Waals surface area contributed by atoms with E-state index in [4.69, 9.17) is 18.3 Å². The number of benzene rings is 3. The average Bonchev–Trinajstić information content (AvgIpc) is 3.04. The smallest absolute Gasteiger partial charge is 0.348 e. The van der Waals surface area contributed by atoms with Crippen molar-refractivity contribution in [2.45, 2.75) is 0 Å². The van der Waals surface area contributed by atoms with Gasteiger partial charge in [-0.3, -0.25) is 0 Å². The van der Waals surface area contributed by atoms with Gasteiger partial charge in [-0.25, -0.2) is 4.79 Å². The number of ether oxygens (including phenoxy) is 2. The first-order valence-electron chi connectivity index (χ1n) is 8.13. The Bertz CT molecular complexity index is 1370. The van der Waals surface area contributed by atoms with Gasteiger partial charge < -0.3 is 18.3 Å². The zero-order valence-electron chi connectivity index (χ0n) is 14.2. The molecule has 2 heterocycles. The van der Waals surface area contributed by atoms with E-state index in [2.05, 4.69) is 0 Å². The molecular weight excluding hydrogens is 332 g/mol. The highest BCUT2D eigenvalue weighted by molar-refractivity contribution is 6.15. The molecule has 2 aromatic heterocycles. The molecule has 26 heavy (non-hydrogen) atoms. The van der Waals surface area contributed by atoms with Crippen LogP contribution in [0.4, 0.5) is 0 Å². The quantitative estimate of drug-likeness (QED) is 0.427. The van der Waals surface area contributed by atoms with E-state index >= 15 is 0 Å². The van der Waals surface area contributed by atoms with E-state index in [1.807, 2.05) is 36.4 Å². The van der Waals surface area contributed by atoms with E-state index in [9.17, 15) is 4.79 Å². The van der Waals surface area contributed by atoms with Crippen LogP contribution in [-0.2, 0) is 0 Å². The van der Waals surface area contributed by atoms with Crippen molar-refractivity contribution in [2.75, 3.05) is 14.2 Å². The van der Waals surface area contributed by atoms with Crippen molar-refractivity contribution in [1.29, 1.82) is 0 Å². The summed E-state index contributed by atoms with van der Waals surface area (Å²) in [6, 6.07) is 15.3. The summed E-state index contributed by atoms with van der Waals surface area (Å²) in [5, 5.41) is 3.92. The van der Waals surface area contributed by atoms with Gasteiger partial charge in [0.2, 0.25) is 0 Å². The van der Waals surface area contributed by atoms with Crippen molar-refractivity contribution in [1.82, 2.24) is 0 Å². The van der Waals surface area contributed by atoms with Gasteiger partial charge in [-0.15, -0.1) is 0 Å². The van der Waals surface area contributed by atoms with Gasteiger partial charge >= 0.3 is 5.63 Å². The molecule has 0 N–H and O–H groups in total. The Morgan fingerprint density at radius 2 is 1.42 bits per heavy atom. The number of hydrogen-bond donors (Lipinski definition) is 0. The molecule has 0 aliphatic heterocycles. The van der Waals surface area contributed by atoms with Crippen molar-refractivity contribution in [3.8, 4) is 11.5 Å². The minimum atomic E-state index is -0.436. The van der Waals surface area contributed by atoms with Crippen LogP contribution in [0.25, 0.3) is 43.7 Å². The maximum absolute atomic E-state index is 12.7. The lowest BCUT2D eigenvalue weighted by molar-refractivity contribution is 0.355. The Hall–Kier alpha value is -3.47. The normalized spacial score (nSPS) is 11.6. The van der Waals surface area contributed by atoms with E-state index in [0.717, 1.165) is 16.2 Å². The molecule has 0 aliphatic carbocycles. The highest BCUT2D eigenvalue weighted by Gasteiger charge is 2.19. The molecule has 5 heteroatoms. The fraction of sp³-hybridized carbons (Fsp3) is 0.0952. The zero-order chi connectivity index (χ0) is 17.8. The lowest BCUT2D eigenvalue weighted by Gasteiger charge is -2.08. The zero-order valence-corrected chi connectivity index (χ0v) is 14.2. The highest BCUT2D eigenvalue weighted by Crippen LogP contribution is 2.38. The Morgan fingerprint density at radius 3 is 2.15 bits per heavy atom. The van der Waals surface area contributed by atoms with Crippen molar-refractivity contribution >= 4 is 43.7 Å². The summed E-state index contributed by atoms with van der Waals surface area (Å²) < 4.78 is 22.3. The first-order chi connectivity index (χ1) is 12.7. The Morgan fingerprint density at radius 1 is 0.769 bits per heavy atom. The van der Waals surface area contributed by atoms with E-state index in [0.29, 0.717) is 39.0 Å². The van der Waals surface area contributed by atoms with Crippen LogP contribution in [0, 0.1) is 0 Å². The lowest BCUT2D eigenvalue weighted by atomic mass is 10.1. The molecule has 5 aromatic rings. The average molecular weight is 346 g/mol. The fourth-order valence-electron chi connectivity index (χ4n) is 3.45. The van der Waals surface area contributed by atoms with E-state index in [1.165, 1.54) is 7.11 Å². The fourth-order valence-corrected chi connectivity index (χ4v) is 3.45. The van der Waals surface area contributed by atoms with E-state index < -0.39 is 5.63 Å². The maximum atomic E-state index is 12.7. The molecule has 0 atom stereocenters. The third kappa shape index (κ3) is 1.94. The number of fused-ring (bicyclic) bond motifs is 6. The number of furan rings is 1. The van der Waals surface area contributed by atoms with Crippen LogP contribution in [0.15, 0.2) is 62.2 Å². The third-order valence-electron chi connectivity index (χ3n) is 4.69. The summed E-state index contributed by atoms with van der Waals surface area (Å²) in [4.78, 5) is 12.7. The summed E-state index contributed by atoms with van der Waals surface area (Å²) in [6.45, 7) is 0. The second-order valence-electron chi connectivity index (χ2n) is 6.09. The molecular formula is C21H14O5. The second-order valence-corrected chi connectivity index (χ2v) is 6.09. The van der Waals surface area contributed by atoms with E-state index in [1.54, 1.807) is 19.2 Å². The van der Waals surface area contributed by atoms with Crippen molar-refractivity contribution < 1.29 is 18.3 Å². The molecule has 0 saturated heterocycles. The summed E-state index contributed by atoms with van der Waals surface area (Å²) in [6.07, 6.45) is 0. The van der Waals surface area contributed by atoms with Crippen LogP contribution >= 0.6 is 0 Å². The first kappa shape index (κ1) is 14.8. The van der Waals surface area contributed by atoms with Crippen LogP contribution in [0.3, 0.4) is 0 Å². The van der Waals surface area contributed by atoms with Crippen LogP contribution < -0.4 is 15.1 Å². The molecule has 5 nitrogen and oxygen atoms in total. The van der Waals surface area contributed by atoms with E-state index in [-0.39, 0.29) is 0 Å². The van der Waals surface area contributed by atoms with Gasteiger partial charge in [-0.2, -0.15) is 0 Å². The third-order valence-corrected chi connectivity index (χ3v) is 4.69. The summed E-state index contributed by atoms with van der Waals surface area (Å²) in [7, 11) is 3.10. The van der Waals surface area contributed by atoms with Crippen LogP contribution in [0.1, 0.15) is 0 Å². The molecule has 0 bridgehead atoms. The van der Waals surface area contributed by atoms with Crippen molar-refractivity contribution in [3.63, 3.8) is 0 Å². The molecule has 0 fully saturated rings. The van der Waals surface area contributed by atoms with Gasteiger partial charge in [0.05, 0.1) is 19.6 Å². The predicted molar refractivity (Wildman–Crippen MR) is 100 cm³/mol. The molecule has 0 radical (unpaired) electrons. The van der Waals surface area contributed by atoms with Gasteiger partial charge in [0.15, 0.2) is 17.1 Å². The topological polar surface area (TPSA) is 61.8 Å². The SMILES string of the molecule is COc1cc2oc(=O)c3c4cc5ccccc5cc4oc3c2cc1OC. The van der Waals surface area contributed by atoms with Crippen molar-refractivity contribution in [3.05, 3.63) is 59.0 Å². The molecule has 3 aromatic carbocycles. The molecule has 0 unspecified atom stereocenters. The molecule has 0 amide bonds. The molecule has 0 aliphatic rings. The molecule has 5 rings (SSSR count). The summed E-state index contributed by atoms with van der Waals surface area (Å²) in [5.74, 6) is 1.03. The maximum Gasteiger partial charge on any atom is 0.348 e. The molecule has 0 spiro atoms. The number of methoxy groups -OCH3 is 2. The number of rotatable bonds is 2. The standard InChI is InChI=1S/C21H14O5/c1-23-17-9-14-16(10-18(17)24-2)26-21(22)19-13-7-11-5-3-4-6-12(11)8-15(13)25-20(14)19/h3-10H,1-2H3. The number of hydrogen-bond acceptors (Lipinski definition) is 5. The minimum Gasteiger partial charge on any atom is -0.493 e. The van der Waals surface area contributed by atoms with Gasteiger partial charge in [-0.05, 0) is 29.0 Å². The van der Waals surface area contributed by atoms with Gasteiger partial charge in [0.1, 0.15) is 16.6 Å². The van der Waals surface area contributed by atoms with Crippen molar-refractivity contribution in [2.24, 2.45) is 0 Å².